The van der Waals surface area contributed by atoms with Crippen molar-refractivity contribution in [1.82, 2.24) is 0 Å². The first-order valence-corrected chi connectivity index (χ1v) is 16.3. The maximum Gasteiger partial charge on any atom is 0.457 e. The molecule has 1 fully saturated rings. The summed E-state index contributed by atoms with van der Waals surface area (Å²) in [5.74, 6) is 0.309. The number of nitrogens with zero attached hydrogens (tertiary/aromatic N) is 1. The molecule has 1 heterocycles. The molecule has 1 atom stereocenters. The van der Waals surface area contributed by atoms with Gasteiger partial charge >= 0.3 is 13.1 Å². The van der Waals surface area contributed by atoms with Gasteiger partial charge in [0.05, 0.1) is 23.5 Å². The summed E-state index contributed by atoms with van der Waals surface area (Å²) >= 11 is 6.09. The Morgan fingerprint density at radius 1 is 0.800 bits per heavy atom. The number of unbranched alkanes of at least 4 members (excludes halogenated alkanes) is 1. The smallest absolute Gasteiger partial charge is 0.457 e. The summed E-state index contributed by atoms with van der Waals surface area (Å²) in [7, 11) is -0.299. The second-order valence-corrected chi connectivity index (χ2v) is 14.1. The van der Waals surface area contributed by atoms with E-state index < -0.39 is 11.1 Å². The molecule has 3 aromatic carbocycles. The standard InChI is InChI=1S/C37H47BClNO5/c1-34(2,3)43-33(41)37(25-27-42-31-22-20-30(39)21-23-31,24-14-15-26-38-44-35(4,5)36(6,7)45-38)40-32(28-16-10-8-11-17-28)29-18-12-9-13-19-29/h8-13,16-23H,14-15,24-27H2,1-7H3. The highest BCUT2D eigenvalue weighted by Crippen LogP contribution is 2.39. The Labute approximate surface area is 274 Å². The monoisotopic (exact) mass is 631 g/mol. The minimum absolute atomic E-state index is 0.262. The van der Waals surface area contributed by atoms with Gasteiger partial charge in [0.15, 0.2) is 5.54 Å². The normalized spacial score (nSPS) is 16.9. The van der Waals surface area contributed by atoms with Gasteiger partial charge in [0.25, 0.3) is 0 Å². The third-order valence-corrected chi connectivity index (χ3v) is 8.63. The number of hydrogen-bond acceptors (Lipinski definition) is 6. The van der Waals surface area contributed by atoms with Gasteiger partial charge in [-0.05, 0) is 85.5 Å². The van der Waals surface area contributed by atoms with Crippen molar-refractivity contribution in [3.8, 4) is 5.75 Å². The largest absolute Gasteiger partial charge is 0.493 e. The highest BCUT2D eigenvalue weighted by molar-refractivity contribution is 6.45. The number of rotatable bonds is 13. The summed E-state index contributed by atoms with van der Waals surface area (Å²) in [6.45, 7) is 14.2. The second kappa shape index (κ2) is 14.5. The molecule has 4 rings (SSSR count). The Bertz CT molecular complexity index is 1360. The number of aliphatic imine (C=N–C) groups is 1. The van der Waals surface area contributed by atoms with E-state index in [-0.39, 0.29) is 30.9 Å². The molecule has 0 aliphatic carbocycles. The van der Waals surface area contributed by atoms with Crippen LogP contribution in [0, 0.1) is 0 Å². The predicted octanol–water partition coefficient (Wildman–Crippen LogP) is 8.99. The molecule has 0 radical (unpaired) electrons. The molecule has 0 aromatic heterocycles. The number of carbonyl (C=O) groups excluding carboxylic acids is 1. The van der Waals surface area contributed by atoms with Crippen molar-refractivity contribution < 1.29 is 23.6 Å². The van der Waals surface area contributed by atoms with Gasteiger partial charge in [-0.15, -0.1) is 0 Å². The van der Waals surface area contributed by atoms with Crippen LogP contribution < -0.4 is 4.74 Å². The second-order valence-electron chi connectivity index (χ2n) is 13.7. The average Bonchev–Trinajstić information content (AvgIpc) is 3.20. The van der Waals surface area contributed by atoms with Gasteiger partial charge < -0.3 is 18.8 Å². The van der Waals surface area contributed by atoms with Crippen LogP contribution in [-0.2, 0) is 18.8 Å². The Hall–Kier alpha value is -3.13. The minimum Gasteiger partial charge on any atom is -0.493 e. The van der Waals surface area contributed by atoms with Crippen LogP contribution >= 0.6 is 11.6 Å². The number of ether oxygens (including phenoxy) is 2. The summed E-state index contributed by atoms with van der Waals surface area (Å²) in [4.78, 5) is 19.7. The third-order valence-electron chi connectivity index (χ3n) is 8.38. The highest BCUT2D eigenvalue weighted by atomic mass is 35.5. The van der Waals surface area contributed by atoms with Crippen molar-refractivity contribution in [3.05, 3.63) is 101 Å². The molecule has 45 heavy (non-hydrogen) atoms. The van der Waals surface area contributed by atoms with E-state index in [4.69, 9.17) is 35.4 Å². The Morgan fingerprint density at radius 2 is 1.33 bits per heavy atom. The predicted molar refractivity (Wildman–Crippen MR) is 183 cm³/mol. The molecule has 240 valence electrons. The van der Waals surface area contributed by atoms with Gasteiger partial charge in [-0.2, -0.15) is 0 Å². The minimum atomic E-state index is -1.21. The molecule has 0 N–H and O–H groups in total. The van der Waals surface area contributed by atoms with Crippen LogP contribution in [0.1, 0.15) is 85.3 Å². The molecule has 0 bridgehead atoms. The molecule has 0 saturated carbocycles. The Kier molecular flexibility index (Phi) is 11.2. The molecule has 1 unspecified atom stereocenters. The fourth-order valence-electron chi connectivity index (χ4n) is 5.24. The molecule has 0 amide bonds. The SMILES string of the molecule is CC(C)(C)OC(=O)C(CCCCB1OC(C)(C)C(C)(C)O1)(CCOc1ccc(Cl)cc1)N=C(c1ccccc1)c1ccccc1. The van der Waals surface area contributed by atoms with E-state index in [2.05, 4.69) is 27.7 Å². The Morgan fingerprint density at radius 3 is 1.84 bits per heavy atom. The summed E-state index contributed by atoms with van der Waals surface area (Å²) < 4.78 is 24.7. The van der Waals surface area contributed by atoms with E-state index in [0.29, 0.717) is 36.4 Å². The van der Waals surface area contributed by atoms with E-state index in [0.717, 1.165) is 23.3 Å². The third kappa shape index (κ3) is 9.44. The fourth-order valence-corrected chi connectivity index (χ4v) is 5.37. The highest BCUT2D eigenvalue weighted by Gasteiger charge is 2.50. The molecule has 1 aliphatic heterocycles. The molecule has 0 spiro atoms. The zero-order valence-corrected chi connectivity index (χ0v) is 28.5. The molecule has 1 aliphatic rings. The zero-order chi connectivity index (χ0) is 32.7. The van der Waals surface area contributed by atoms with Gasteiger partial charge in [0, 0.05) is 22.6 Å². The first-order valence-electron chi connectivity index (χ1n) is 15.9. The molecule has 3 aromatic rings. The fraction of sp³-hybridized carbons (Fsp3) is 0.459. The maximum atomic E-state index is 14.3. The number of esters is 1. The quantitative estimate of drug-likeness (QED) is 0.0815. The van der Waals surface area contributed by atoms with Gasteiger partial charge in [-0.3, -0.25) is 4.99 Å². The van der Waals surface area contributed by atoms with Crippen LogP contribution in [0.15, 0.2) is 89.9 Å². The molecular weight excluding hydrogens is 585 g/mol. The summed E-state index contributed by atoms with van der Waals surface area (Å²) in [6.07, 6.45) is 3.01. The lowest BCUT2D eigenvalue weighted by molar-refractivity contribution is -0.162. The van der Waals surface area contributed by atoms with Crippen LogP contribution in [0.4, 0.5) is 0 Å². The lowest BCUT2D eigenvalue weighted by Gasteiger charge is -2.33. The molecule has 8 heteroatoms. The van der Waals surface area contributed by atoms with Crippen molar-refractivity contribution in [2.75, 3.05) is 6.61 Å². The van der Waals surface area contributed by atoms with Crippen molar-refractivity contribution in [2.45, 2.75) is 103 Å². The summed E-state index contributed by atoms with van der Waals surface area (Å²) in [5, 5.41) is 0.632. The van der Waals surface area contributed by atoms with E-state index >= 15 is 0 Å². The number of hydrogen-bond donors (Lipinski definition) is 0. The van der Waals surface area contributed by atoms with Crippen LogP contribution in [0.2, 0.25) is 11.3 Å². The number of benzene rings is 3. The maximum absolute atomic E-state index is 14.3. The van der Waals surface area contributed by atoms with Gasteiger partial charge in [0.1, 0.15) is 11.4 Å². The molecule has 6 nitrogen and oxygen atoms in total. The topological polar surface area (TPSA) is 66.4 Å². The summed E-state index contributed by atoms with van der Waals surface area (Å²) in [6, 6.07) is 27.2. The van der Waals surface area contributed by atoms with E-state index in [1.807, 2.05) is 93.6 Å². The lowest BCUT2D eigenvalue weighted by atomic mass is 9.80. The molecular formula is C37H47BClNO5. The summed E-state index contributed by atoms with van der Waals surface area (Å²) in [5.41, 5.74) is -0.101. The molecule has 1 saturated heterocycles. The van der Waals surface area contributed by atoms with Crippen LogP contribution in [0.3, 0.4) is 0 Å². The van der Waals surface area contributed by atoms with Crippen molar-refractivity contribution in [1.29, 1.82) is 0 Å². The average molecular weight is 632 g/mol. The zero-order valence-electron chi connectivity index (χ0n) is 27.8. The first kappa shape index (κ1) is 34.7. The Balaban J connectivity index is 1.69. The number of halogens is 1. The lowest BCUT2D eigenvalue weighted by Crippen LogP contribution is -2.44. The van der Waals surface area contributed by atoms with E-state index in [1.165, 1.54) is 0 Å². The van der Waals surface area contributed by atoms with Crippen molar-refractivity contribution in [3.63, 3.8) is 0 Å². The van der Waals surface area contributed by atoms with Gasteiger partial charge in [-0.1, -0.05) is 85.1 Å². The van der Waals surface area contributed by atoms with Crippen LogP contribution in [-0.4, -0.2) is 47.7 Å². The number of carbonyl (C=O) groups is 1. The van der Waals surface area contributed by atoms with E-state index in [1.54, 1.807) is 12.1 Å². The van der Waals surface area contributed by atoms with Crippen LogP contribution in [0.25, 0.3) is 0 Å². The van der Waals surface area contributed by atoms with Crippen LogP contribution in [0.5, 0.6) is 5.75 Å². The van der Waals surface area contributed by atoms with Gasteiger partial charge in [0.2, 0.25) is 0 Å². The van der Waals surface area contributed by atoms with Gasteiger partial charge in [-0.25, -0.2) is 4.79 Å². The van der Waals surface area contributed by atoms with Crippen molar-refractivity contribution >= 4 is 30.4 Å². The van der Waals surface area contributed by atoms with Crippen molar-refractivity contribution in [2.24, 2.45) is 4.99 Å². The van der Waals surface area contributed by atoms with E-state index in [9.17, 15) is 4.79 Å². The first-order chi connectivity index (χ1) is 21.2.